The number of hydrogen-bond acceptors (Lipinski definition) is 5. The molecule has 0 bridgehead atoms. The number of aryl methyl sites for hydroxylation is 1. The van der Waals surface area contributed by atoms with E-state index in [0.29, 0.717) is 11.5 Å². The SMILES string of the molecule is Cc1nccn1-c1ccc(NC(=O)c2cc([N+](=O)[O-])ccc2Cl)cn1. The maximum Gasteiger partial charge on any atom is 0.270 e. The number of imidazole rings is 1. The zero-order valence-electron chi connectivity index (χ0n) is 13.0. The number of halogens is 1. The van der Waals surface area contributed by atoms with Crippen molar-refractivity contribution in [1.82, 2.24) is 14.5 Å². The second-order valence-electron chi connectivity index (χ2n) is 5.12. The fourth-order valence-electron chi connectivity index (χ4n) is 2.22. The summed E-state index contributed by atoms with van der Waals surface area (Å²) in [6, 6.07) is 7.08. The van der Waals surface area contributed by atoms with E-state index in [2.05, 4.69) is 15.3 Å². The van der Waals surface area contributed by atoms with Gasteiger partial charge in [0.25, 0.3) is 11.6 Å². The van der Waals surface area contributed by atoms with Crippen LogP contribution in [-0.2, 0) is 0 Å². The zero-order chi connectivity index (χ0) is 18.0. The van der Waals surface area contributed by atoms with Crippen LogP contribution in [0.3, 0.4) is 0 Å². The average molecular weight is 358 g/mol. The number of amides is 1. The number of benzene rings is 1. The number of anilines is 1. The van der Waals surface area contributed by atoms with E-state index in [1.807, 2.05) is 6.92 Å². The maximum atomic E-state index is 12.3. The van der Waals surface area contributed by atoms with Crippen molar-refractivity contribution in [3.63, 3.8) is 0 Å². The Labute approximate surface area is 147 Å². The molecule has 0 saturated heterocycles. The molecule has 0 atom stereocenters. The van der Waals surface area contributed by atoms with Gasteiger partial charge in [-0.25, -0.2) is 9.97 Å². The number of nitro groups is 1. The van der Waals surface area contributed by atoms with Gasteiger partial charge in [0, 0.05) is 24.5 Å². The first kappa shape index (κ1) is 16.6. The molecule has 2 aromatic heterocycles. The molecule has 2 heterocycles. The highest BCUT2D eigenvalue weighted by atomic mass is 35.5. The van der Waals surface area contributed by atoms with Gasteiger partial charge in [0.15, 0.2) is 0 Å². The minimum atomic E-state index is -0.586. The lowest BCUT2D eigenvalue weighted by molar-refractivity contribution is -0.384. The van der Waals surface area contributed by atoms with Crippen LogP contribution < -0.4 is 5.32 Å². The predicted octanol–water partition coefficient (Wildman–Crippen LogP) is 3.39. The molecule has 1 aromatic carbocycles. The summed E-state index contributed by atoms with van der Waals surface area (Å²) in [5.74, 6) is 0.885. The zero-order valence-corrected chi connectivity index (χ0v) is 13.8. The Morgan fingerprint density at radius 2 is 2.08 bits per heavy atom. The fourth-order valence-corrected chi connectivity index (χ4v) is 2.43. The fraction of sp³-hybridized carbons (Fsp3) is 0.0625. The third-order valence-electron chi connectivity index (χ3n) is 3.48. The molecular weight excluding hydrogens is 346 g/mol. The standard InChI is InChI=1S/C16H12ClN5O3/c1-10-18-6-7-21(10)15-5-2-11(9-19-15)20-16(23)13-8-12(22(24)25)3-4-14(13)17/h2-9H,1H3,(H,20,23). The summed E-state index contributed by atoms with van der Waals surface area (Å²) in [5, 5.41) is 13.6. The van der Waals surface area contributed by atoms with Crippen LogP contribution in [0.4, 0.5) is 11.4 Å². The van der Waals surface area contributed by atoms with Gasteiger partial charge < -0.3 is 5.32 Å². The van der Waals surface area contributed by atoms with Gasteiger partial charge in [0.05, 0.1) is 27.4 Å². The number of non-ortho nitro benzene ring substituents is 1. The van der Waals surface area contributed by atoms with E-state index in [1.54, 1.807) is 29.1 Å². The van der Waals surface area contributed by atoms with Crippen molar-refractivity contribution in [2.24, 2.45) is 0 Å². The molecule has 126 valence electrons. The monoisotopic (exact) mass is 357 g/mol. The van der Waals surface area contributed by atoms with E-state index >= 15 is 0 Å². The van der Waals surface area contributed by atoms with Crippen LogP contribution in [0.15, 0.2) is 48.9 Å². The van der Waals surface area contributed by atoms with E-state index in [4.69, 9.17) is 11.6 Å². The number of carbonyl (C=O) groups excluding carboxylic acids is 1. The smallest absolute Gasteiger partial charge is 0.270 e. The lowest BCUT2D eigenvalue weighted by Crippen LogP contribution is -2.13. The predicted molar refractivity (Wildman–Crippen MR) is 92.2 cm³/mol. The van der Waals surface area contributed by atoms with Gasteiger partial charge in [-0.15, -0.1) is 0 Å². The van der Waals surface area contributed by atoms with Crippen molar-refractivity contribution in [2.75, 3.05) is 5.32 Å². The van der Waals surface area contributed by atoms with Gasteiger partial charge in [0.1, 0.15) is 11.6 Å². The summed E-state index contributed by atoms with van der Waals surface area (Å²) in [6.07, 6.45) is 4.92. The Bertz CT molecular complexity index is 953. The Balaban J connectivity index is 1.81. The number of hydrogen-bond donors (Lipinski definition) is 1. The molecule has 0 saturated carbocycles. The Morgan fingerprint density at radius 1 is 1.28 bits per heavy atom. The molecule has 0 spiro atoms. The molecule has 0 aliphatic heterocycles. The number of aromatic nitrogens is 3. The molecule has 3 aromatic rings. The third kappa shape index (κ3) is 3.48. The second-order valence-corrected chi connectivity index (χ2v) is 5.53. The average Bonchev–Trinajstić information content (AvgIpc) is 3.01. The van der Waals surface area contributed by atoms with E-state index in [0.717, 1.165) is 11.9 Å². The second kappa shape index (κ2) is 6.70. The minimum Gasteiger partial charge on any atom is -0.321 e. The molecule has 1 N–H and O–H groups in total. The Kier molecular flexibility index (Phi) is 4.44. The first-order valence-electron chi connectivity index (χ1n) is 7.17. The molecule has 25 heavy (non-hydrogen) atoms. The topological polar surface area (TPSA) is 103 Å². The summed E-state index contributed by atoms with van der Waals surface area (Å²) in [5.41, 5.74) is 0.248. The van der Waals surface area contributed by atoms with Crippen LogP contribution in [-0.4, -0.2) is 25.4 Å². The highest BCUT2D eigenvalue weighted by molar-refractivity contribution is 6.34. The van der Waals surface area contributed by atoms with Crippen LogP contribution in [0.2, 0.25) is 5.02 Å². The molecular formula is C16H12ClN5O3. The molecule has 0 fully saturated rings. The molecule has 1 amide bonds. The van der Waals surface area contributed by atoms with Gasteiger partial charge in [-0.3, -0.25) is 19.5 Å². The Morgan fingerprint density at radius 3 is 2.68 bits per heavy atom. The van der Waals surface area contributed by atoms with Crippen molar-refractivity contribution in [3.05, 3.63) is 75.4 Å². The molecule has 0 aliphatic carbocycles. The van der Waals surface area contributed by atoms with Crippen molar-refractivity contribution >= 4 is 28.9 Å². The van der Waals surface area contributed by atoms with Gasteiger partial charge in [-0.05, 0) is 25.1 Å². The summed E-state index contributed by atoms with van der Waals surface area (Å²) in [6.45, 7) is 1.85. The number of rotatable bonds is 4. The normalized spacial score (nSPS) is 10.5. The number of nitro benzene ring substituents is 1. The summed E-state index contributed by atoms with van der Waals surface area (Å²) in [4.78, 5) is 30.9. The summed E-state index contributed by atoms with van der Waals surface area (Å²) in [7, 11) is 0. The first-order chi connectivity index (χ1) is 12.0. The Hall–Kier alpha value is -3.26. The van der Waals surface area contributed by atoms with Crippen molar-refractivity contribution < 1.29 is 9.72 Å². The van der Waals surface area contributed by atoms with Crippen LogP contribution in [0, 0.1) is 17.0 Å². The first-order valence-corrected chi connectivity index (χ1v) is 7.55. The number of nitrogens with one attached hydrogen (secondary N) is 1. The molecule has 0 unspecified atom stereocenters. The molecule has 9 heteroatoms. The van der Waals surface area contributed by atoms with Crippen molar-refractivity contribution in [1.29, 1.82) is 0 Å². The summed E-state index contributed by atoms with van der Waals surface area (Å²) >= 11 is 5.96. The number of carbonyl (C=O) groups is 1. The minimum absolute atomic E-state index is 0.0189. The summed E-state index contributed by atoms with van der Waals surface area (Å²) < 4.78 is 1.79. The lowest BCUT2D eigenvalue weighted by atomic mass is 10.2. The van der Waals surface area contributed by atoms with E-state index in [1.165, 1.54) is 18.3 Å². The van der Waals surface area contributed by atoms with Gasteiger partial charge in [-0.2, -0.15) is 0 Å². The lowest BCUT2D eigenvalue weighted by Gasteiger charge is -2.08. The van der Waals surface area contributed by atoms with Crippen LogP contribution in [0.5, 0.6) is 0 Å². The van der Waals surface area contributed by atoms with Crippen LogP contribution in [0.25, 0.3) is 5.82 Å². The van der Waals surface area contributed by atoms with Gasteiger partial charge in [0.2, 0.25) is 0 Å². The largest absolute Gasteiger partial charge is 0.321 e. The van der Waals surface area contributed by atoms with E-state index in [9.17, 15) is 14.9 Å². The quantitative estimate of drug-likeness (QED) is 0.569. The molecule has 0 radical (unpaired) electrons. The van der Waals surface area contributed by atoms with Crippen LogP contribution in [0.1, 0.15) is 16.2 Å². The van der Waals surface area contributed by atoms with Crippen molar-refractivity contribution in [3.8, 4) is 5.82 Å². The third-order valence-corrected chi connectivity index (χ3v) is 3.81. The number of nitrogens with zero attached hydrogens (tertiary/aromatic N) is 4. The highest BCUT2D eigenvalue weighted by Gasteiger charge is 2.16. The number of pyridine rings is 1. The van der Waals surface area contributed by atoms with E-state index in [-0.39, 0.29) is 16.3 Å². The van der Waals surface area contributed by atoms with Gasteiger partial charge >= 0.3 is 0 Å². The van der Waals surface area contributed by atoms with Gasteiger partial charge in [-0.1, -0.05) is 11.6 Å². The van der Waals surface area contributed by atoms with E-state index < -0.39 is 10.8 Å². The maximum absolute atomic E-state index is 12.3. The van der Waals surface area contributed by atoms with Crippen LogP contribution >= 0.6 is 11.6 Å². The molecule has 3 rings (SSSR count). The van der Waals surface area contributed by atoms with Crippen molar-refractivity contribution in [2.45, 2.75) is 6.92 Å². The molecule has 0 aliphatic rings. The highest BCUT2D eigenvalue weighted by Crippen LogP contribution is 2.23. The molecule has 8 nitrogen and oxygen atoms in total.